The van der Waals surface area contributed by atoms with Crippen molar-refractivity contribution < 1.29 is 19.0 Å². The van der Waals surface area contributed by atoms with Gasteiger partial charge in [0.05, 0.1) is 26.4 Å². The normalized spacial score (nSPS) is 24.6. The van der Waals surface area contributed by atoms with Crippen molar-refractivity contribution in [1.29, 1.82) is 0 Å². The van der Waals surface area contributed by atoms with Crippen molar-refractivity contribution in [3.63, 3.8) is 0 Å². The molecule has 0 spiro atoms. The minimum absolute atomic E-state index is 0.134. The largest absolute Gasteiger partial charge is 0.379 e. The zero-order valence-corrected chi connectivity index (χ0v) is 17.9. The van der Waals surface area contributed by atoms with Gasteiger partial charge in [-0.05, 0) is 38.0 Å². The molecule has 0 saturated carbocycles. The molecule has 27 heavy (non-hydrogen) atoms. The first-order valence-electron chi connectivity index (χ1n) is 10.4. The van der Waals surface area contributed by atoms with E-state index in [4.69, 9.17) is 25.1 Å². The fraction of sp³-hybridized carbons (Fsp3) is 0.947. The van der Waals surface area contributed by atoms with E-state index >= 15 is 0 Å². The maximum atomic E-state index is 11.3. The molecule has 2 rings (SSSR count). The highest BCUT2D eigenvalue weighted by Crippen LogP contribution is 2.71. The smallest absolute Gasteiger partial charge is 0.219 e. The average Bonchev–Trinajstić information content (AvgIpc) is 3.15. The van der Waals surface area contributed by atoms with Crippen LogP contribution in [0.15, 0.2) is 0 Å². The maximum absolute atomic E-state index is 11.3. The molecule has 2 saturated heterocycles. The highest BCUT2D eigenvalue weighted by molar-refractivity contribution is 8.39. The molecule has 162 valence electrons. The maximum Gasteiger partial charge on any atom is 0.219 e. The molecule has 0 aliphatic carbocycles. The molecule has 0 radical (unpaired) electrons. The van der Waals surface area contributed by atoms with Crippen LogP contribution in [0.5, 0.6) is 0 Å². The van der Waals surface area contributed by atoms with Crippen molar-refractivity contribution in [2.75, 3.05) is 64.2 Å². The number of ether oxygens (including phenoxy) is 3. The van der Waals surface area contributed by atoms with Crippen LogP contribution in [0, 0.1) is 0 Å². The molecule has 2 aliphatic heterocycles. The summed E-state index contributed by atoms with van der Waals surface area (Å²) in [4.78, 5) is 11.3. The zero-order chi connectivity index (χ0) is 19.8. The van der Waals surface area contributed by atoms with E-state index in [-0.39, 0.29) is 16.1 Å². The second kappa shape index (κ2) is 15.5. The third kappa shape index (κ3) is 12.6. The molecule has 2 heterocycles. The highest BCUT2D eigenvalue weighted by atomic mass is 32.3. The Bertz CT molecular complexity index is 386. The Morgan fingerprint density at radius 1 is 1.04 bits per heavy atom. The Labute approximate surface area is 166 Å². The summed E-state index contributed by atoms with van der Waals surface area (Å²) in [7, 11) is -0.315. The van der Waals surface area contributed by atoms with Crippen LogP contribution < -0.4 is 16.2 Å². The predicted octanol–water partition coefficient (Wildman–Crippen LogP) is 1.53. The highest BCUT2D eigenvalue weighted by Gasteiger charge is 2.53. The number of fused-ring (bicyclic) bond motifs is 1. The monoisotopic (exact) mass is 407 g/mol. The third-order valence-corrected chi connectivity index (χ3v) is 7.97. The molecule has 0 aromatic rings. The van der Waals surface area contributed by atoms with Gasteiger partial charge in [-0.2, -0.15) is 10.2 Å². The van der Waals surface area contributed by atoms with Crippen LogP contribution in [0.2, 0.25) is 0 Å². The molecule has 5 N–H and O–H groups in total. The van der Waals surface area contributed by atoms with Crippen molar-refractivity contribution in [2.45, 2.75) is 50.7 Å². The molecule has 7 nitrogen and oxygen atoms in total. The van der Waals surface area contributed by atoms with E-state index in [0.717, 1.165) is 30.9 Å². The van der Waals surface area contributed by atoms with Gasteiger partial charge >= 0.3 is 0 Å². The van der Waals surface area contributed by atoms with Crippen LogP contribution in [0.1, 0.15) is 45.4 Å². The van der Waals surface area contributed by atoms with E-state index < -0.39 is 0 Å². The first-order chi connectivity index (χ1) is 13.1. The fourth-order valence-corrected chi connectivity index (χ4v) is 5.26. The van der Waals surface area contributed by atoms with Crippen molar-refractivity contribution >= 4 is 16.1 Å². The van der Waals surface area contributed by atoms with Gasteiger partial charge in [0.2, 0.25) is 5.91 Å². The van der Waals surface area contributed by atoms with E-state index in [1.165, 1.54) is 17.9 Å². The van der Waals surface area contributed by atoms with E-state index in [2.05, 4.69) is 12.2 Å². The number of nitrogens with two attached hydrogens (primary N) is 2. The lowest BCUT2D eigenvalue weighted by Crippen LogP contribution is -2.25. The van der Waals surface area contributed by atoms with Gasteiger partial charge in [-0.1, -0.05) is 13.3 Å². The summed E-state index contributed by atoms with van der Waals surface area (Å²) in [6, 6.07) is 0. The lowest BCUT2D eigenvalue weighted by molar-refractivity contribution is -0.121. The van der Waals surface area contributed by atoms with E-state index in [0.29, 0.717) is 59.2 Å². The molecule has 2 aliphatic rings. The molecular weight excluding hydrogens is 366 g/mol. The van der Waals surface area contributed by atoms with Crippen molar-refractivity contribution in [1.82, 2.24) is 5.32 Å². The molecule has 2 unspecified atom stereocenters. The third-order valence-electron chi connectivity index (χ3n) is 4.65. The van der Waals surface area contributed by atoms with Gasteiger partial charge in [-0.15, -0.1) is 0 Å². The van der Waals surface area contributed by atoms with Crippen LogP contribution in [0.25, 0.3) is 0 Å². The summed E-state index contributed by atoms with van der Waals surface area (Å²) in [5.41, 5.74) is 5.35. The minimum atomic E-state index is -0.315. The Kier molecular flexibility index (Phi) is 14.2. The van der Waals surface area contributed by atoms with Gasteiger partial charge in [0.25, 0.3) is 0 Å². The summed E-state index contributed by atoms with van der Waals surface area (Å²) in [5, 5.41) is 9.70. The molecule has 2 fully saturated rings. The van der Waals surface area contributed by atoms with Gasteiger partial charge < -0.3 is 25.3 Å². The molecule has 8 heteroatoms. The molecule has 0 bridgehead atoms. The molecule has 0 aromatic heterocycles. The average molecular weight is 408 g/mol. The van der Waals surface area contributed by atoms with Gasteiger partial charge in [0, 0.05) is 37.2 Å². The number of unbranched alkanes of at least 4 members (excludes halogenated alkanes) is 1. The standard InChI is InChI=1S/C15H32N2O4.C4H9NS/c1-2-3-6-15(18)17-8-5-10-20-12-14-21-13-11-19-9-4-7-16;5-6-2-1-4(6)3-6/h2-14,16H2,1H3,(H,17,18);4H,1-3,5H2. The zero-order valence-electron chi connectivity index (χ0n) is 17.1. The Morgan fingerprint density at radius 3 is 2.07 bits per heavy atom. The number of nitrogens with one attached hydrogen (secondary N) is 1. The molecule has 2 atom stereocenters. The van der Waals surface area contributed by atoms with Crippen molar-refractivity contribution in [3.8, 4) is 0 Å². The topological polar surface area (TPSA) is 109 Å². The molecular formula is C19H41N3O4S. The van der Waals surface area contributed by atoms with E-state index in [9.17, 15) is 4.79 Å². The lowest BCUT2D eigenvalue weighted by Gasteiger charge is -2.24. The van der Waals surface area contributed by atoms with Crippen molar-refractivity contribution in [2.24, 2.45) is 10.9 Å². The first kappa shape index (κ1) is 24.7. The van der Waals surface area contributed by atoms with Crippen molar-refractivity contribution in [3.05, 3.63) is 0 Å². The summed E-state index contributed by atoms with van der Waals surface area (Å²) < 4.78 is 16.1. The number of hydrogen-bond acceptors (Lipinski definition) is 6. The summed E-state index contributed by atoms with van der Waals surface area (Å²) in [6.07, 6.45) is 5.80. The van der Waals surface area contributed by atoms with Crippen LogP contribution in [-0.4, -0.2) is 75.4 Å². The van der Waals surface area contributed by atoms with Gasteiger partial charge in [-0.3, -0.25) is 9.93 Å². The summed E-state index contributed by atoms with van der Waals surface area (Å²) >= 11 is 0. The number of rotatable bonds is 16. The van der Waals surface area contributed by atoms with Gasteiger partial charge in [-0.25, -0.2) is 0 Å². The van der Waals surface area contributed by atoms with Gasteiger partial charge in [0.1, 0.15) is 0 Å². The fourth-order valence-electron chi connectivity index (χ4n) is 2.62. The van der Waals surface area contributed by atoms with E-state index in [1.807, 2.05) is 0 Å². The number of hydrogen-bond donors (Lipinski definition) is 3. The van der Waals surface area contributed by atoms with Gasteiger partial charge in [0.15, 0.2) is 0 Å². The second-order valence-corrected chi connectivity index (χ2v) is 10.5. The van der Waals surface area contributed by atoms with Crippen LogP contribution in [0.3, 0.4) is 0 Å². The second-order valence-electron chi connectivity index (χ2n) is 7.07. The number of carbonyl (C=O) groups excluding carboxylic acids is 1. The summed E-state index contributed by atoms with van der Waals surface area (Å²) in [5.74, 6) is 2.93. The number of amides is 1. The van der Waals surface area contributed by atoms with Crippen LogP contribution >= 0.6 is 10.2 Å². The molecule has 1 amide bonds. The predicted molar refractivity (Wildman–Crippen MR) is 113 cm³/mol. The Hall–Kier alpha value is -0.380. The Balaban J connectivity index is 0.000000495. The Morgan fingerprint density at radius 2 is 1.63 bits per heavy atom. The summed E-state index contributed by atoms with van der Waals surface area (Å²) in [6.45, 7) is 7.09. The molecule has 0 aromatic carbocycles. The van der Waals surface area contributed by atoms with Crippen LogP contribution in [0.4, 0.5) is 0 Å². The van der Waals surface area contributed by atoms with E-state index in [1.54, 1.807) is 0 Å². The lowest BCUT2D eigenvalue weighted by atomic mass is 10.2. The minimum Gasteiger partial charge on any atom is -0.379 e. The SMILES string of the molecule is CCCCC(=O)NCCCOCCOCCOCCCN.NS12CCC1C2. The number of carbonyl (C=O) groups is 1. The van der Waals surface area contributed by atoms with Crippen LogP contribution in [-0.2, 0) is 19.0 Å². The first-order valence-corrected chi connectivity index (χ1v) is 12.5. The quantitative estimate of drug-likeness (QED) is 0.264.